The number of hydrogen-bond donors (Lipinski definition) is 0. The number of imidazole rings is 1. The van der Waals surface area contributed by atoms with Crippen LogP contribution in [0.1, 0.15) is 22.4 Å². The van der Waals surface area contributed by atoms with Gasteiger partial charge in [-0.2, -0.15) is 9.65 Å². The molecule has 0 N–H and O–H groups in total. The van der Waals surface area contributed by atoms with Crippen molar-refractivity contribution in [3.63, 3.8) is 0 Å². The first-order valence-electron chi connectivity index (χ1n) is 9.25. The summed E-state index contributed by atoms with van der Waals surface area (Å²) >= 11 is 0. The van der Waals surface area contributed by atoms with Crippen LogP contribution in [0.2, 0.25) is 0 Å². The number of nitrogens with zero attached hydrogens (tertiary/aromatic N) is 3. The predicted octanol–water partition coefficient (Wildman–Crippen LogP) is 5.40. The second kappa shape index (κ2) is 7.95. The summed E-state index contributed by atoms with van der Waals surface area (Å²) in [6.45, 7) is 0. The maximum Gasteiger partial charge on any atom is 0.291 e. The minimum Gasteiger partial charge on any atom is -0.288 e. The highest BCUT2D eigenvalue weighted by molar-refractivity contribution is 5.53. The van der Waals surface area contributed by atoms with Gasteiger partial charge >= 0.3 is 0 Å². The molecule has 0 aliphatic carbocycles. The van der Waals surface area contributed by atoms with Crippen molar-refractivity contribution >= 4 is 6.08 Å². The van der Waals surface area contributed by atoms with Crippen molar-refractivity contribution in [3.05, 3.63) is 132 Å². The molecular formula is C25H18FN3. The van der Waals surface area contributed by atoms with Gasteiger partial charge in [-0.3, -0.25) is 4.57 Å². The van der Waals surface area contributed by atoms with Gasteiger partial charge in [-0.1, -0.05) is 91.0 Å². The fourth-order valence-electron chi connectivity index (χ4n) is 3.77. The van der Waals surface area contributed by atoms with E-state index in [1.54, 1.807) is 10.8 Å². The molecule has 0 aliphatic rings. The SMILES string of the molecule is N#CC=Cc1cn(C(c2ccccc2)(c2ccccc2)c2ccccc2)c(F)n1. The summed E-state index contributed by atoms with van der Waals surface area (Å²) in [5.74, 6) is 0. The van der Waals surface area contributed by atoms with E-state index in [4.69, 9.17) is 5.26 Å². The van der Waals surface area contributed by atoms with Gasteiger partial charge in [0.1, 0.15) is 5.54 Å². The third kappa shape index (κ3) is 3.24. The van der Waals surface area contributed by atoms with Crippen LogP contribution in [-0.4, -0.2) is 9.55 Å². The third-order valence-corrected chi connectivity index (χ3v) is 4.95. The summed E-state index contributed by atoms with van der Waals surface area (Å²) < 4.78 is 16.9. The van der Waals surface area contributed by atoms with Crippen LogP contribution in [0.3, 0.4) is 0 Å². The second-order valence-electron chi connectivity index (χ2n) is 6.58. The average molecular weight is 379 g/mol. The minimum atomic E-state index is -0.959. The monoisotopic (exact) mass is 379 g/mol. The zero-order chi connectivity index (χ0) is 20.1. The molecule has 0 saturated carbocycles. The summed E-state index contributed by atoms with van der Waals surface area (Å²) in [6.07, 6.45) is 3.82. The van der Waals surface area contributed by atoms with E-state index >= 15 is 4.39 Å². The summed E-state index contributed by atoms with van der Waals surface area (Å²) in [6, 6.07) is 31.4. The number of rotatable bonds is 5. The zero-order valence-corrected chi connectivity index (χ0v) is 15.6. The highest BCUT2D eigenvalue weighted by Crippen LogP contribution is 2.41. The summed E-state index contributed by atoms with van der Waals surface area (Å²) in [5, 5.41) is 8.83. The van der Waals surface area contributed by atoms with Crippen molar-refractivity contribution in [1.82, 2.24) is 9.55 Å². The molecule has 0 spiro atoms. The lowest BCUT2D eigenvalue weighted by Gasteiger charge is -2.37. The van der Waals surface area contributed by atoms with E-state index in [2.05, 4.69) is 4.98 Å². The van der Waals surface area contributed by atoms with E-state index in [1.807, 2.05) is 97.1 Å². The third-order valence-electron chi connectivity index (χ3n) is 4.95. The Balaban J connectivity index is 2.11. The summed E-state index contributed by atoms with van der Waals surface area (Å²) in [4.78, 5) is 4.05. The molecule has 0 aliphatic heterocycles. The van der Waals surface area contributed by atoms with Gasteiger partial charge in [0.05, 0.1) is 11.8 Å². The molecule has 0 saturated heterocycles. The molecule has 140 valence electrons. The Morgan fingerprint density at radius 1 is 0.793 bits per heavy atom. The first-order chi connectivity index (χ1) is 14.3. The predicted molar refractivity (Wildman–Crippen MR) is 111 cm³/mol. The fraction of sp³-hybridized carbons (Fsp3) is 0.0400. The van der Waals surface area contributed by atoms with Gasteiger partial charge in [0, 0.05) is 12.3 Å². The Morgan fingerprint density at radius 2 is 1.24 bits per heavy atom. The van der Waals surface area contributed by atoms with Crippen LogP contribution in [0.15, 0.2) is 103 Å². The van der Waals surface area contributed by atoms with Crippen molar-refractivity contribution in [3.8, 4) is 6.07 Å². The fourth-order valence-corrected chi connectivity index (χ4v) is 3.77. The zero-order valence-electron chi connectivity index (χ0n) is 15.6. The molecule has 3 aromatic carbocycles. The molecule has 0 fully saturated rings. The van der Waals surface area contributed by atoms with Crippen molar-refractivity contribution in [2.75, 3.05) is 0 Å². The van der Waals surface area contributed by atoms with Gasteiger partial charge in [0.2, 0.25) is 0 Å². The molecule has 0 unspecified atom stereocenters. The van der Waals surface area contributed by atoms with Gasteiger partial charge in [0.25, 0.3) is 6.08 Å². The first kappa shape index (κ1) is 18.4. The van der Waals surface area contributed by atoms with E-state index in [9.17, 15) is 0 Å². The van der Waals surface area contributed by atoms with E-state index in [0.29, 0.717) is 5.69 Å². The summed E-state index contributed by atoms with van der Waals surface area (Å²) in [7, 11) is 0. The maximum absolute atomic E-state index is 15.3. The molecule has 0 bridgehead atoms. The van der Waals surface area contributed by atoms with Crippen LogP contribution in [0, 0.1) is 17.4 Å². The molecule has 29 heavy (non-hydrogen) atoms. The lowest BCUT2D eigenvalue weighted by molar-refractivity contribution is 0.397. The minimum absolute atomic E-state index is 0.385. The Bertz CT molecular complexity index is 1060. The normalized spacial score (nSPS) is 11.4. The number of halogens is 1. The van der Waals surface area contributed by atoms with Crippen molar-refractivity contribution in [2.45, 2.75) is 5.54 Å². The second-order valence-corrected chi connectivity index (χ2v) is 6.58. The van der Waals surface area contributed by atoms with Crippen LogP contribution in [0.4, 0.5) is 4.39 Å². The molecule has 1 aromatic heterocycles. The Hall–Kier alpha value is -3.97. The van der Waals surface area contributed by atoms with Gasteiger partial charge in [-0.25, -0.2) is 4.98 Å². The van der Waals surface area contributed by atoms with Gasteiger partial charge in [-0.05, 0) is 22.8 Å². The average Bonchev–Trinajstić information content (AvgIpc) is 3.16. The lowest BCUT2D eigenvalue weighted by Crippen LogP contribution is -2.38. The number of nitriles is 1. The topological polar surface area (TPSA) is 41.6 Å². The van der Waals surface area contributed by atoms with E-state index in [1.165, 1.54) is 12.2 Å². The largest absolute Gasteiger partial charge is 0.291 e. The number of benzene rings is 3. The van der Waals surface area contributed by atoms with Crippen molar-refractivity contribution in [1.29, 1.82) is 5.26 Å². The number of aromatic nitrogens is 2. The smallest absolute Gasteiger partial charge is 0.288 e. The van der Waals surface area contributed by atoms with Gasteiger partial charge in [0.15, 0.2) is 0 Å². The molecule has 4 aromatic rings. The number of allylic oxidation sites excluding steroid dienone is 1. The van der Waals surface area contributed by atoms with E-state index in [0.717, 1.165) is 16.7 Å². The molecule has 0 atom stereocenters. The first-order valence-corrected chi connectivity index (χ1v) is 9.25. The van der Waals surface area contributed by atoms with Crippen LogP contribution in [0.5, 0.6) is 0 Å². The highest BCUT2D eigenvalue weighted by Gasteiger charge is 2.40. The lowest BCUT2D eigenvalue weighted by atomic mass is 9.76. The Labute approximate surface area is 169 Å². The van der Waals surface area contributed by atoms with Crippen molar-refractivity contribution in [2.24, 2.45) is 0 Å². The van der Waals surface area contributed by atoms with Crippen LogP contribution in [-0.2, 0) is 5.54 Å². The van der Waals surface area contributed by atoms with Crippen LogP contribution < -0.4 is 0 Å². The summed E-state index contributed by atoms with van der Waals surface area (Å²) in [5.41, 5.74) is 2.15. The molecule has 0 amide bonds. The quantitative estimate of drug-likeness (QED) is 0.344. The van der Waals surface area contributed by atoms with Crippen LogP contribution >= 0.6 is 0 Å². The maximum atomic E-state index is 15.3. The Kier molecular flexibility index (Phi) is 5.05. The van der Waals surface area contributed by atoms with Gasteiger partial charge in [-0.15, -0.1) is 0 Å². The van der Waals surface area contributed by atoms with Gasteiger partial charge < -0.3 is 0 Å². The van der Waals surface area contributed by atoms with E-state index < -0.39 is 11.6 Å². The number of hydrogen-bond acceptors (Lipinski definition) is 2. The Morgan fingerprint density at radius 3 is 1.66 bits per heavy atom. The molecule has 0 radical (unpaired) electrons. The highest BCUT2D eigenvalue weighted by atomic mass is 19.1. The van der Waals surface area contributed by atoms with E-state index in [-0.39, 0.29) is 0 Å². The molecule has 4 rings (SSSR count). The van der Waals surface area contributed by atoms with Crippen molar-refractivity contribution < 1.29 is 4.39 Å². The molecule has 4 heteroatoms. The molecule has 3 nitrogen and oxygen atoms in total. The standard InChI is InChI=1S/C25H18FN3/c26-24-28-23(17-10-18-27)19-29(24)25(20-11-4-1-5-12-20,21-13-6-2-7-14-21)22-15-8-3-9-16-22/h1-17,19H. The van der Waals surface area contributed by atoms with Crippen LogP contribution in [0.25, 0.3) is 6.08 Å². The molecule has 1 heterocycles. The molecular weight excluding hydrogens is 361 g/mol.